The van der Waals surface area contributed by atoms with Crippen molar-refractivity contribution >= 4 is 27.9 Å². The van der Waals surface area contributed by atoms with Gasteiger partial charge < -0.3 is 18.4 Å². The molecule has 24 heavy (non-hydrogen) atoms. The Bertz CT molecular complexity index is 791. The molecule has 0 radical (unpaired) electrons. The molecule has 0 amide bonds. The number of carbonyl (C=O) groups is 1. The van der Waals surface area contributed by atoms with Crippen LogP contribution >= 0.6 is 0 Å². The molecule has 1 aromatic carbocycles. The first-order chi connectivity index (χ1) is 11.3. The van der Waals surface area contributed by atoms with E-state index in [-0.39, 0.29) is 35.1 Å². The average molecular weight is 355 g/mol. The van der Waals surface area contributed by atoms with Crippen molar-refractivity contribution in [3.63, 3.8) is 0 Å². The van der Waals surface area contributed by atoms with E-state index in [0.29, 0.717) is 0 Å². The van der Waals surface area contributed by atoms with Gasteiger partial charge in [0.05, 0.1) is 33.7 Å². The third kappa shape index (κ3) is 4.89. The monoisotopic (exact) mass is 355 g/mol. The predicted molar refractivity (Wildman–Crippen MR) is 86.9 cm³/mol. The van der Waals surface area contributed by atoms with Crippen LogP contribution in [0.15, 0.2) is 12.1 Å². The maximum atomic E-state index is 11.4. The summed E-state index contributed by atoms with van der Waals surface area (Å²) >= 11 is 0. The second kappa shape index (κ2) is 8.21. The summed E-state index contributed by atoms with van der Waals surface area (Å²) in [6.07, 6.45) is 3.29. The van der Waals surface area contributed by atoms with Crippen molar-refractivity contribution in [2.75, 3.05) is 27.1 Å². The van der Waals surface area contributed by atoms with Crippen LogP contribution in [0.1, 0.15) is 12.5 Å². The van der Waals surface area contributed by atoms with Crippen LogP contribution in [0.3, 0.4) is 0 Å². The van der Waals surface area contributed by atoms with Gasteiger partial charge in [0, 0.05) is 6.08 Å². The van der Waals surface area contributed by atoms with E-state index in [1.54, 1.807) is 6.92 Å². The van der Waals surface area contributed by atoms with Gasteiger partial charge in [0.1, 0.15) is 0 Å². The molecule has 1 rings (SSSR count). The number of carbonyl (C=O) groups excluding carboxylic acids is 1. The molecule has 0 saturated heterocycles. The highest BCUT2D eigenvalue weighted by atomic mass is 32.2. The van der Waals surface area contributed by atoms with Crippen LogP contribution in [0, 0.1) is 6.57 Å². The van der Waals surface area contributed by atoms with Crippen molar-refractivity contribution in [1.82, 2.24) is 0 Å². The lowest BCUT2D eigenvalue weighted by Crippen LogP contribution is -2.08. The van der Waals surface area contributed by atoms with E-state index < -0.39 is 16.1 Å². The first-order valence-electron chi connectivity index (χ1n) is 6.68. The van der Waals surface area contributed by atoms with Gasteiger partial charge in [-0.05, 0) is 18.6 Å². The van der Waals surface area contributed by atoms with E-state index in [0.717, 1.165) is 12.3 Å². The molecular weight excluding hydrogens is 338 g/mol. The fraction of sp³-hybridized carbons (Fsp3) is 0.333. The van der Waals surface area contributed by atoms with E-state index >= 15 is 0 Å². The lowest BCUT2D eigenvalue weighted by atomic mass is 10.1. The normalized spacial score (nSPS) is 11.0. The minimum Gasteiger partial charge on any atom is -0.504 e. The summed E-state index contributed by atoms with van der Waals surface area (Å²) in [4.78, 5) is 14.8. The van der Waals surface area contributed by atoms with Crippen molar-refractivity contribution in [3.8, 4) is 17.2 Å². The van der Waals surface area contributed by atoms with Crippen molar-refractivity contribution < 1.29 is 31.6 Å². The van der Waals surface area contributed by atoms with Gasteiger partial charge in [0.25, 0.3) is 0 Å². The lowest BCUT2D eigenvalue weighted by molar-refractivity contribution is -0.137. The lowest BCUT2D eigenvalue weighted by Gasteiger charge is -2.15. The van der Waals surface area contributed by atoms with Gasteiger partial charge in [-0.1, -0.05) is 6.08 Å². The van der Waals surface area contributed by atoms with Crippen LogP contribution in [0.4, 0.5) is 5.69 Å². The number of esters is 1. The number of hydrogen-bond donors (Lipinski definition) is 0. The number of ether oxygens (including phenoxy) is 3. The third-order valence-corrected chi connectivity index (χ3v) is 3.13. The van der Waals surface area contributed by atoms with Gasteiger partial charge in [0.2, 0.25) is 5.69 Å². The summed E-state index contributed by atoms with van der Waals surface area (Å²) in [5, 5.41) is 0. The van der Waals surface area contributed by atoms with Crippen LogP contribution in [0.2, 0.25) is 0 Å². The van der Waals surface area contributed by atoms with E-state index in [2.05, 4.69) is 4.85 Å². The maximum absolute atomic E-state index is 11.4. The number of methoxy groups -OCH3 is 2. The minimum atomic E-state index is -3.84. The molecule has 9 heteroatoms. The number of rotatable bonds is 7. The standard InChI is InChI=1S/C15H17NO7S/c1-6-22-12(17)8-7-10-9-11(23-24(5,18)19)14(20-3)15(21-4)13(10)16-2/h7-9H,6H2,1,3-5H3/b8-7+. The van der Waals surface area contributed by atoms with Gasteiger partial charge in [-0.25, -0.2) is 9.64 Å². The minimum absolute atomic E-state index is 0.00263. The molecule has 0 bridgehead atoms. The second-order valence-corrected chi connectivity index (χ2v) is 5.94. The van der Waals surface area contributed by atoms with Gasteiger partial charge in [-0.15, -0.1) is 0 Å². The highest BCUT2D eigenvalue weighted by Gasteiger charge is 2.22. The van der Waals surface area contributed by atoms with E-state index in [4.69, 9.17) is 25.0 Å². The van der Waals surface area contributed by atoms with Crippen LogP contribution in [-0.4, -0.2) is 41.5 Å². The fourth-order valence-electron chi connectivity index (χ4n) is 1.82. The Morgan fingerprint density at radius 1 is 1.29 bits per heavy atom. The van der Waals surface area contributed by atoms with Crippen LogP contribution in [-0.2, 0) is 19.6 Å². The molecule has 1 aromatic rings. The zero-order valence-corrected chi connectivity index (χ0v) is 14.5. The van der Waals surface area contributed by atoms with Crippen molar-refractivity contribution in [1.29, 1.82) is 0 Å². The first-order valence-corrected chi connectivity index (χ1v) is 8.49. The molecule has 0 saturated carbocycles. The highest BCUT2D eigenvalue weighted by Crippen LogP contribution is 2.47. The smallest absolute Gasteiger partial charge is 0.330 e. The number of benzene rings is 1. The summed E-state index contributed by atoms with van der Waals surface area (Å²) in [7, 11) is -1.25. The molecule has 0 N–H and O–H groups in total. The van der Waals surface area contributed by atoms with Crippen LogP contribution in [0.5, 0.6) is 17.2 Å². The van der Waals surface area contributed by atoms with Crippen LogP contribution in [0.25, 0.3) is 10.9 Å². The Morgan fingerprint density at radius 2 is 1.92 bits per heavy atom. The zero-order chi connectivity index (χ0) is 18.3. The summed E-state index contributed by atoms with van der Waals surface area (Å²) in [6, 6.07) is 1.27. The third-order valence-electron chi connectivity index (χ3n) is 2.65. The molecule has 0 unspecified atom stereocenters. The number of hydrogen-bond acceptors (Lipinski definition) is 7. The SMILES string of the molecule is [C-]#[N+]c1c(/C=C/C(=O)OCC)cc(OS(C)(=O)=O)c(OC)c1OC. The summed E-state index contributed by atoms with van der Waals surface area (Å²) in [6.45, 7) is 9.16. The Kier molecular flexibility index (Phi) is 6.61. The predicted octanol–water partition coefficient (Wildman–Crippen LogP) is 2.17. The average Bonchev–Trinajstić information content (AvgIpc) is 2.50. The summed E-state index contributed by atoms with van der Waals surface area (Å²) in [5.41, 5.74) is 0.255. The van der Waals surface area contributed by atoms with E-state index in [1.165, 1.54) is 26.4 Å². The molecule has 0 fully saturated rings. The van der Waals surface area contributed by atoms with E-state index in [9.17, 15) is 13.2 Å². The Hall–Kier alpha value is -2.73. The van der Waals surface area contributed by atoms with Crippen molar-refractivity contribution in [2.45, 2.75) is 6.92 Å². The fourth-order valence-corrected chi connectivity index (χ4v) is 2.27. The van der Waals surface area contributed by atoms with Crippen molar-refractivity contribution in [3.05, 3.63) is 29.1 Å². The molecule has 0 heterocycles. The maximum Gasteiger partial charge on any atom is 0.330 e. The Labute approximate surface area is 140 Å². The second-order valence-electron chi connectivity index (χ2n) is 4.36. The quantitative estimate of drug-likeness (QED) is 0.320. The molecule has 8 nitrogen and oxygen atoms in total. The van der Waals surface area contributed by atoms with Gasteiger partial charge >= 0.3 is 16.1 Å². The molecule has 0 aliphatic rings. The zero-order valence-electron chi connectivity index (χ0n) is 13.7. The first kappa shape index (κ1) is 19.3. The number of nitrogens with zero attached hydrogens (tertiary/aromatic N) is 1. The van der Waals surface area contributed by atoms with Crippen molar-refractivity contribution in [2.24, 2.45) is 0 Å². The van der Waals surface area contributed by atoms with Gasteiger partial charge in [-0.3, -0.25) is 0 Å². The van der Waals surface area contributed by atoms with E-state index in [1.807, 2.05) is 0 Å². The Morgan fingerprint density at radius 3 is 2.38 bits per heavy atom. The molecule has 0 aromatic heterocycles. The molecule has 0 aliphatic heterocycles. The van der Waals surface area contributed by atoms with Crippen LogP contribution < -0.4 is 13.7 Å². The molecule has 0 atom stereocenters. The summed E-state index contributed by atoms with van der Waals surface area (Å²) < 4.78 is 42.7. The Balaban J connectivity index is 3.55. The highest BCUT2D eigenvalue weighted by molar-refractivity contribution is 7.86. The molecular formula is C15H17NO7S. The van der Waals surface area contributed by atoms with Gasteiger partial charge in [0.15, 0.2) is 17.2 Å². The van der Waals surface area contributed by atoms with Gasteiger partial charge in [-0.2, -0.15) is 8.42 Å². The topological polar surface area (TPSA) is 92.5 Å². The molecule has 0 aliphatic carbocycles. The summed E-state index contributed by atoms with van der Waals surface area (Å²) in [5.74, 6) is -0.805. The molecule has 130 valence electrons. The largest absolute Gasteiger partial charge is 0.504 e. The molecule has 0 spiro atoms.